The second-order valence-electron chi connectivity index (χ2n) is 2.94. The van der Waals surface area contributed by atoms with Crippen molar-refractivity contribution in [3.63, 3.8) is 0 Å². The van der Waals surface area contributed by atoms with Gasteiger partial charge in [-0.2, -0.15) is 4.98 Å². The SMILES string of the molecule is COc1cc(C)nc(NCCCN)n1. The summed E-state index contributed by atoms with van der Waals surface area (Å²) in [6.07, 6.45) is 0.902. The first-order chi connectivity index (χ1) is 6.76. The van der Waals surface area contributed by atoms with Crippen molar-refractivity contribution in [3.8, 4) is 5.88 Å². The van der Waals surface area contributed by atoms with Crippen LogP contribution in [0.15, 0.2) is 6.07 Å². The minimum Gasteiger partial charge on any atom is -0.481 e. The Balaban J connectivity index is 2.62. The highest BCUT2D eigenvalue weighted by Crippen LogP contribution is 2.10. The van der Waals surface area contributed by atoms with Crippen molar-refractivity contribution in [1.82, 2.24) is 9.97 Å². The first kappa shape index (κ1) is 10.7. The quantitative estimate of drug-likeness (QED) is 0.673. The predicted octanol–water partition coefficient (Wildman–Crippen LogP) is 0.554. The number of nitrogens with two attached hydrogens (primary N) is 1. The molecule has 5 nitrogen and oxygen atoms in total. The van der Waals surface area contributed by atoms with Crippen LogP contribution in [0.5, 0.6) is 5.88 Å². The van der Waals surface area contributed by atoms with Gasteiger partial charge in [0.05, 0.1) is 7.11 Å². The molecule has 1 aromatic rings. The Morgan fingerprint density at radius 2 is 2.29 bits per heavy atom. The minimum absolute atomic E-state index is 0.577. The van der Waals surface area contributed by atoms with Gasteiger partial charge in [-0.05, 0) is 19.9 Å². The van der Waals surface area contributed by atoms with Gasteiger partial charge >= 0.3 is 0 Å². The standard InChI is InChI=1S/C9H16N4O/c1-7-6-8(14-2)13-9(12-7)11-5-3-4-10/h6H,3-5,10H2,1-2H3,(H,11,12,13). The van der Waals surface area contributed by atoms with Crippen molar-refractivity contribution < 1.29 is 4.74 Å². The molecule has 0 aromatic carbocycles. The summed E-state index contributed by atoms with van der Waals surface area (Å²) < 4.78 is 5.03. The maximum absolute atomic E-state index is 5.37. The summed E-state index contributed by atoms with van der Waals surface area (Å²) in [4.78, 5) is 8.35. The minimum atomic E-state index is 0.577. The third-order valence-corrected chi connectivity index (χ3v) is 1.70. The Morgan fingerprint density at radius 1 is 1.50 bits per heavy atom. The number of anilines is 1. The fraction of sp³-hybridized carbons (Fsp3) is 0.556. The van der Waals surface area contributed by atoms with Crippen molar-refractivity contribution in [2.45, 2.75) is 13.3 Å². The Hall–Kier alpha value is -1.36. The van der Waals surface area contributed by atoms with Crippen LogP contribution in [-0.4, -0.2) is 30.2 Å². The summed E-state index contributed by atoms with van der Waals surface area (Å²) >= 11 is 0. The molecule has 0 saturated carbocycles. The van der Waals surface area contributed by atoms with E-state index >= 15 is 0 Å². The smallest absolute Gasteiger partial charge is 0.226 e. The predicted molar refractivity (Wildman–Crippen MR) is 55.5 cm³/mol. The second kappa shape index (κ2) is 5.39. The summed E-state index contributed by atoms with van der Waals surface area (Å²) in [6, 6.07) is 1.79. The molecule has 0 amide bonds. The van der Waals surface area contributed by atoms with E-state index in [-0.39, 0.29) is 0 Å². The molecule has 0 aliphatic carbocycles. The molecule has 1 rings (SSSR count). The van der Waals surface area contributed by atoms with Crippen LogP contribution < -0.4 is 15.8 Å². The van der Waals surface area contributed by atoms with Gasteiger partial charge in [-0.25, -0.2) is 4.98 Å². The maximum Gasteiger partial charge on any atom is 0.226 e. The number of hydrogen-bond acceptors (Lipinski definition) is 5. The highest BCUT2D eigenvalue weighted by Gasteiger charge is 2.00. The van der Waals surface area contributed by atoms with E-state index < -0.39 is 0 Å². The van der Waals surface area contributed by atoms with Crippen LogP contribution in [0.4, 0.5) is 5.95 Å². The zero-order valence-corrected chi connectivity index (χ0v) is 8.58. The average molecular weight is 196 g/mol. The molecule has 0 unspecified atom stereocenters. The molecule has 0 radical (unpaired) electrons. The molecule has 1 aromatic heterocycles. The summed E-state index contributed by atoms with van der Waals surface area (Å²) in [5.74, 6) is 1.17. The molecule has 0 atom stereocenters. The van der Waals surface area contributed by atoms with Crippen LogP contribution >= 0.6 is 0 Å². The van der Waals surface area contributed by atoms with Gasteiger partial charge in [-0.1, -0.05) is 0 Å². The Morgan fingerprint density at radius 3 is 2.93 bits per heavy atom. The molecule has 0 bridgehead atoms. The summed E-state index contributed by atoms with van der Waals surface area (Å²) in [7, 11) is 1.59. The number of rotatable bonds is 5. The molecular formula is C9H16N4O. The van der Waals surface area contributed by atoms with Gasteiger partial charge in [0.2, 0.25) is 11.8 Å². The topological polar surface area (TPSA) is 73.1 Å². The van der Waals surface area contributed by atoms with Crippen molar-refractivity contribution >= 4 is 5.95 Å². The fourth-order valence-corrected chi connectivity index (χ4v) is 1.03. The number of methoxy groups -OCH3 is 1. The van der Waals surface area contributed by atoms with Gasteiger partial charge in [0.25, 0.3) is 0 Å². The van der Waals surface area contributed by atoms with Crippen molar-refractivity contribution in [2.75, 3.05) is 25.5 Å². The van der Waals surface area contributed by atoms with E-state index in [1.165, 1.54) is 0 Å². The van der Waals surface area contributed by atoms with E-state index in [1.807, 2.05) is 6.92 Å². The average Bonchev–Trinajstić information content (AvgIpc) is 2.17. The lowest BCUT2D eigenvalue weighted by atomic mass is 10.4. The van der Waals surface area contributed by atoms with E-state index in [0.717, 1.165) is 18.7 Å². The Kier molecular flexibility index (Phi) is 4.12. The molecule has 0 saturated heterocycles. The number of ether oxygens (including phenoxy) is 1. The fourth-order valence-electron chi connectivity index (χ4n) is 1.03. The maximum atomic E-state index is 5.37. The molecule has 0 aliphatic rings. The lowest BCUT2D eigenvalue weighted by Crippen LogP contribution is -2.11. The number of nitrogens with zero attached hydrogens (tertiary/aromatic N) is 2. The van der Waals surface area contributed by atoms with E-state index in [9.17, 15) is 0 Å². The zero-order valence-electron chi connectivity index (χ0n) is 8.58. The highest BCUT2D eigenvalue weighted by atomic mass is 16.5. The van der Waals surface area contributed by atoms with Gasteiger partial charge in [-0.3, -0.25) is 0 Å². The molecule has 3 N–H and O–H groups in total. The first-order valence-corrected chi connectivity index (χ1v) is 4.60. The zero-order chi connectivity index (χ0) is 10.4. The van der Waals surface area contributed by atoms with Gasteiger partial charge < -0.3 is 15.8 Å². The van der Waals surface area contributed by atoms with E-state index in [0.29, 0.717) is 18.4 Å². The van der Waals surface area contributed by atoms with Crippen molar-refractivity contribution in [1.29, 1.82) is 0 Å². The van der Waals surface area contributed by atoms with Gasteiger partial charge in [0.15, 0.2) is 0 Å². The normalized spacial score (nSPS) is 9.93. The van der Waals surface area contributed by atoms with Crippen LogP contribution in [0, 0.1) is 6.92 Å². The van der Waals surface area contributed by atoms with E-state index in [4.69, 9.17) is 10.5 Å². The van der Waals surface area contributed by atoms with Crippen molar-refractivity contribution in [3.05, 3.63) is 11.8 Å². The number of hydrogen-bond donors (Lipinski definition) is 2. The molecule has 14 heavy (non-hydrogen) atoms. The lowest BCUT2D eigenvalue weighted by molar-refractivity contribution is 0.397. The Bertz CT molecular complexity index is 290. The second-order valence-corrected chi connectivity index (χ2v) is 2.94. The van der Waals surface area contributed by atoms with Crippen LogP contribution in [-0.2, 0) is 0 Å². The molecule has 78 valence electrons. The van der Waals surface area contributed by atoms with Crippen LogP contribution in [0.2, 0.25) is 0 Å². The summed E-state index contributed by atoms with van der Waals surface area (Å²) in [5.41, 5.74) is 6.25. The first-order valence-electron chi connectivity index (χ1n) is 4.60. The summed E-state index contributed by atoms with van der Waals surface area (Å²) in [5, 5.41) is 3.08. The molecule has 1 heterocycles. The molecule has 0 aliphatic heterocycles. The van der Waals surface area contributed by atoms with Crippen molar-refractivity contribution in [2.24, 2.45) is 5.73 Å². The number of nitrogens with one attached hydrogen (secondary N) is 1. The summed E-state index contributed by atoms with van der Waals surface area (Å²) in [6.45, 7) is 3.34. The van der Waals surface area contributed by atoms with Gasteiger partial charge in [0.1, 0.15) is 0 Å². The van der Waals surface area contributed by atoms with Gasteiger partial charge in [-0.15, -0.1) is 0 Å². The van der Waals surface area contributed by atoms with Crippen LogP contribution in [0.3, 0.4) is 0 Å². The molecule has 5 heteroatoms. The Labute approximate surface area is 83.7 Å². The molecule has 0 fully saturated rings. The number of aryl methyl sites for hydroxylation is 1. The lowest BCUT2D eigenvalue weighted by Gasteiger charge is -2.06. The highest BCUT2D eigenvalue weighted by molar-refractivity contribution is 5.30. The third-order valence-electron chi connectivity index (χ3n) is 1.70. The van der Waals surface area contributed by atoms with E-state index in [2.05, 4.69) is 15.3 Å². The van der Waals surface area contributed by atoms with Crippen LogP contribution in [0.25, 0.3) is 0 Å². The monoisotopic (exact) mass is 196 g/mol. The van der Waals surface area contributed by atoms with E-state index in [1.54, 1.807) is 13.2 Å². The van der Waals surface area contributed by atoms with Gasteiger partial charge in [0, 0.05) is 18.3 Å². The number of aromatic nitrogens is 2. The largest absolute Gasteiger partial charge is 0.481 e. The molecule has 0 spiro atoms. The van der Waals surface area contributed by atoms with Crippen LogP contribution in [0.1, 0.15) is 12.1 Å². The molecular weight excluding hydrogens is 180 g/mol. The third kappa shape index (κ3) is 3.18.